The number of hydrogen-bond acceptors (Lipinski definition) is 2. The third-order valence-corrected chi connectivity index (χ3v) is 9.86. The Morgan fingerprint density at radius 1 is 1.30 bits per heavy atom. The van der Waals surface area contributed by atoms with E-state index in [4.69, 9.17) is 4.74 Å². The number of hydrogen-bond donors (Lipinski definition) is 0. The minimum absolute atomic E-state index is 0.157. The van der Waals surface area contributed by atoms with Crippen LogP contribution in [0.3, 0.4) is 0 Å². The molecule has 2 nitrogen and oxygen atoms in total. The zero-order valence-corrected chi connectivity index (χ0v) is 17.1. The summed E-state index contributed by atoms with van der Waals surface area (Å²) in [6.07, 6.45) is 15.0. The monoisotopic (exact) mass is 363 g/mol. The summed E-state index contributed by atoms with van der Waals surface area (Å²) in [5.74, 6) is 4.81. The fourth-order valence-electron chi connectivity index (χ4n) is 8.49. The lowest BCUT2D eigenvalue weighted by Gasteiger charge is -2.59. The van der Waals surface area contributed by atoms with Crippen molar-refractivity contribution < 1.29 is 4.74 Å². The summed E-state index contributed by atoms with van der Waals surface area (Å²) in [4.78, 5) is 0. The maximum atomic E-state index is 10.3. The van der Waals surface area contributed by atoms with E-state index in [9.17, 15) is 5.26 Å². The highest BCUT2D eigenvalue weighted by Crippen LogP contribution is 2.80. The van der Waals surface area contributed by atoms with Crippen molar-refractivity contribution in [1.82, 2.24) is 0 Å². The summed E-state index contributed by atoms with van der Waals surface area (Å²) in [6, 6.07) is 2.87. The van der Waals surface area contributed by atoms with Crippen LogP contribution >= 0.6 is 0 Å². The molecule has 2 heteroatoms. The van der Waals surface area contributed by atoms with Crippen LogP contribution in [0.2, 0.25) is 0 Å². The van der Waals surface area contributed by atoms with Gasteiger partial charge in [0.1, 0.15) is 0 Å². The highest BCUT2D eigenvalue weighted by atomic mass is 16.5. The van der Waals surface area contributed by atoms with E-state index in [0.29, 0.717) is 11.3 Å². The Morgan fingerprint density at radius 3 is 2.81 bits per heavy atom. The first-order valence-electron chi connectivity index (χ1n) is 10.9. The first kappa shape index (κ1) is 17.6. The van der Waals surface area contributed by atoms with Gasteiger partial charge in [-0.05, 0) is 90.6 Å². The van der Waals surface area contributed by atoms with Crippen molar-refractivity contribution in [2.24, 2.45) is 45.8 Å². The van der Waals surface area contributed by atoms with Crippen molar-refractivity contribution in [3.8, 4) is 6.07 Å². The first-order chi connectivity index (χ1) is 12.9. The van der Waals surface area contributed by atoms with Crippen molar-refractivity contribution in [2.75, 3.05) is 7.11 Å². The molecule has 0 unspecified atom stereocenters. The molecule has 5 aliphatic carbocycles. The largest absolute Gasteiger partial charge is 0.501 e. The molecule has 0 N–H and O–H groups in total. The smallest absolute Gasteiger partial charge is 0.0958 e. The number of fused-ring (bicyclic) bond motifs is 7. The minimum atomic E-state index is -0.157. The molecular formula is C25H33NO. The summed E-state index contributed by atoms with van der Waals surface area (Å²) in [5, 5.41) is 10.3. The molecule has 144 valence electrons. The lowest BCUT2D eigenvalue weighted by Crippen LogP contribution is -2.53. The van der Waals surface area contributed by atoms with E-state index >= 15 is 0 Å². The topological polar surface area (TPSA) is 33.0 Å². The molecule has 5 rings (SSSR count). The van der Waals surface area contributed by atoms with E-state index < -0.39 is 0 Å². The lowest BCUT2D eigenvalue weighted by molar-refractivity contribution is -0.0713. The molecule has 0 spiro atoms. The van der Waals surface area contributed by atoms with Crippen LogP contribution in [0.25, 0.3) is 0 Å². The SMILES string of the molecule is C=CC[C@]1(C#N)[C@H]2C[C@H]2[C@H]2[C@@H]3CC=C4C=C(OC)CC[C@]4(C)[C@H]3CC[C@@]21C. The second kappa shape index (κ2) is 5.53. The van der Waals surface area contributed by atoms with Gasteiger partial charge in [-0.2, -0.15) is 5.26 Å². The van der Waals surface area contributed by atoms with Crippen LogP contribution in [0.15, 0.2) is 36.1 Å². The molecule has 3 fully saturated rings. The van der Waals surface area contributed by atoms with Gasteiger partial charge in [0.05, 0.1) is 24.4 Å². The fraction of sp³-hybridized carbons (Fsp3) is 0.720. The summed E-state index contributed by atoms with van der Waals surface area (Å²) in [6.45, 7) is 9.01. The van der Waals surface area contributed by atoms with Gasteiger partial charge in [0.25, 0.3) is 0 Å². The van der Waals surface area contributed by atoms with Gasteiger partial charge in [-0.1, -0.05) is 26.0 Å². The van der Waals surface area contributed by atoms with Gasteiger partial charge < -0.3 is 4.74 Å². The van der Waals surface area contributed by atoms with Crippen LogP contribution in [-0.2, 0) is 4.74 Å². The van der Waals surface area contributed by atoms with Crippen molar-refractivity contribution >= 4 is 0 Å². The molecule has 0 amide bonds. The zero-order valence-electron chi connectivity index (χ0n) is 17.1. The summed E-state index contributed by atoms with van der Waals surface area (Å²) >= 11 is 0. The molecule has 8 atom stereocenters. The predicted molar refractivity (Wildman–Crippen MR) is 107 cm³/mol. The highest BCUT2D eigenvalue weighted by Gasteiger charge is 2.76. The summed E-state index contributed by atoms with van der Waals surface area (Å²) in [5.41, 5.74) is 1.84. The second-order valence-electron chi connectivity index (χ2n) is 10.5. The van der Waals surface area contributed by atoms with E-state index in [1.165, 1.54) is 37.7 Å². The molecule has 0 heterocycles. The quantitative estimate of drug-likeness (QED) is 0.573. The molecule has 0 bridgehead atoms. The molecule has 0 aliphatic heterocycles. The van der Waals surface area contributed by atoms with E-state index in [0.717, 1.165) is 42.3 Å². The van der Waals surface area contributed by atoms with Crippen molar-refractivity contribution in [1.29, 1.82) is 5.26 Å². The number of allylic oxidation sites excluding steroid dienone is 5. The predicted octanol–water partition coefficient (Wildman–Crippen LogP) is 6.03. The third-order valence-electron chi connectivity index (χ3n) is 9.86. The third kappa shape index (κ3) is 1.96. The minimum Gasteiger partial charge on any atom is -0.501 e. The Balaban J connectivity index is 1.55. The zero-order chi connectivity index (χ0) is 19.0. The Morgan fingerprint density at radius 2 is 2.11 bits per heavy atom. The molecule has 0 radical (unpaired) electrons. The molecule has 0 aromatic heterocycles. The maximum Gasteiger partial charge on any atom is 0.0958 e. The number of nitriles is 1. The van der Waals surface area contributed by atoms with Gasteiger partial charge in [0.15, 0.2) is 0 Å². The average Bonchev–Trinajstić information content (AvgIpc) is 3.41. The Hall–Kier alpha value is -1.49. The van der Waals surface area contributed by atoms with Crippen LogP contribution in [0.5, 0.6) is 0 Å². The Bertz CT molecular complexity index is 787. The van der Waals surface area contributed by atoms with Crippen LogP contribution < -0.4 is 0 Å². The number of nitrogens with zero attached hydrogens (tertiary/aromatic N) is 1. The van der Waals surface area contributed by atoms with E-state index in [2.05, 4.69) is 38.6 Å². The molecule has 3 saturated carbocycles. The fourth-order valence-corrected chi connectivity index (χ4v) is 8.49. The summed E-state index contributed by atoms with van der Waals surface area (Å²) in [7, 11) is 1.81. The lowest BCUT2D eigenvalue weighted by atomic mass is 9.44. The molecular weight excluding hydrogens is 330 g/mol. The van der Waals surface area contributed by atoms with Gasteiger partial charge in [-0.3, -0.25) is 0 Å². The van der Waals surface area contributed by atoms with E-state index in [-0.39, 0.29) is 10.8 Å². The molecule has 0 aromatic carbocycles. The van der Waals surface area contributed by atoms with Gasteiger partial charge in [0, 0.05) is 6.42 Å². The molecule has 27 heavy (non-hydrogen) atoms. The normalized spacial score (nSPS) is 52.1. The van der Waals surface area contributed by atoms with Gasteiger partial charge in [0.2, 0.25) is 0 Å². The molecule has 0 saturated heterocycles. The number of ether oxygens (including phenoxy) is 1. The van der Waals surface area contributed by atoms with Gasteiger partial charge >= 0.3 is 0 Å². The Labute approximate surface area is 164 Å². The second-order valence-corrected chi connectivity index (χ2v) is 10.5. The Kier molecular flexibility index (Phi) is 3.60. The maximum absolute atomic E-state index is 10.3. The van der Waals surface area contributed by atoms with Gasteiger partial charge in [-0.15, -0.1) is 6.58 Å². The summed E-state index contributed by atoms with van der Waals surface area (Å²) < 4.78 is 5.57. The van der Waals surface area contributed by atoms with Gasteiger partial charge in [-0.25, -0.2) is 0 Å². The first-order valence-corrected chi connectivity index (χ1v) is 10.9. The number of rotatable bonds is 3. The average molecular weight is 364 g/mol. The number of methoxy groups -OCH3 is 1. The molecule has 5 aliphatic rings. The van der Waals surface area contributed by atoms with E-state index in [1.54, 1.807) is 7.11 Å². The van der Waals surface area contributed by atoms with Crippen LogP contribution in [-0.4, -0.2) is 7.11 Å². The van der Waals surface area contributed by atoms with E-state index in [1.807, 2.05) is 6.08 Å². The van der Waals surface area contributed by atoms with Crippen molar-refractivity contribution in [3.63, 3.8) is 0 Å². The van der Waals surface area contributed by atoms with Crippen molar-refractivity contribution in [3.05, 3.63) is 36.1 Å². The molecule has 0 aromatic rings. The van der Waals surface area contributed by atoms with Crippen LogP contribution in [0, 0.1) is 57.2 Å². The van der Waals surface area contributed by atoms with Crippen LogP contribution in [0.4, 0.5) is 0 Å². The van der Waals surface area contributed by atoms with Crippen molar-refractivity contribution in [2.45, 2.75) is 58.8 Å². The van der Waals surface area contributed by atoms with Crippen LogP contribution in [0.1, 0.15) is 58.8 Å². The highest BCUT2D eigenvalue weighted by molar-refractivity contribution is 5.38. The standard InChI is InChI=1S/C25H33NO/c1-5-10-25(15-26)21-14-19(21)22-18-7-6-16-13-17(27-4)8-11-23(16,2)20(18)9-12-24(22,25)3/h5-6,13,18-22H,1,7-12,14H2,2-4H3/t18-,19-,20+,21+,22-,23+,24+,25+/m1/s1.